The Balaban J connectivity index is 1.57. The fourth-order valence-corrected chi connectivity index (χ4v) is 6.59. The topological polar surface area (TPSA) is 38.0 Å². The number of carbonyl (C=O) groups excluding carboxylic acids is 2. The van der Waals surface area contributed by atoms with Crippen molar-refractivity contribution in [2.75, 3.05) is 5.75 Å². The molecule has 0 aliphatic heterocycles. The lowest BCUT2D eigenvalue weighted by molar-refractivity contribution is -0.576. The van der Waals surface area contributed by atoms with Gasteiger partial charge in [0.15, 0.2) is 18.2 Å². The number of Topliss-reactive ketones (excluding diaryl/α,β-unsaturated/α-hetero) is 2. The lowest BCUT2D eigenvalue weighted by atomic mass is 10.1. The zero-order chi connectivity index (χ0) is 27.0. The number of aromatic nitrogens is 1. The third kappa shape index (κ3) is 6.56. The third-order valence-electron chi connectivity index (χ3n) is 6.37. The molecule has 5 heteroatoms. The predicted molar refractivity (Wildman–Crippen MR) is 164 cm³/mol. The summed E-state index contributed by atoms with van der Waals surface area (Å²) < 4.78 is 2.70. The van der Waals surface area contributed by atoms with Crippen LogP contribution in [-0.4, -0.2) is 17.3 Å². The van der Waals surface area contributed by atoms with Gasteiger partial charge in [-0.25, -0.2) is 0 Å². The number of allylic oxidation sites excluding steroid dienone is 1. The molecule has 1 heterocycles. The van der Waals surface area contributed by atoms with Gasteiger partial charge in [-0.1, -0.05) is 103 Å². The van der Waals surface area contributed by atoms with Crippen molar-refractivity contribution in [2.24, 2.45) is 0 Å². The summed E-state index contributed by atoms with van der Waals surface area (Å²) in [5.41, 5.74) is 4.12. The molecule has 0 amide bonds. The highest BCUT2D eigenvalue weighted by atomic mass is 32.2. The summed E-state index contributed by atoms with van der Waals surface area (Å²) in [6.07, 6.45) is 3.84. The van der Waals surface area contributed by atoms with Crippen molar-refractivity contribution < 1.29 is 14.2 Å². The molecule has 0 radical (unpaired) electrons. The first-order valence-corrected chi connectivity index (χ1v) is 14.7. The zero-order valence-electron chi connectivity index (χ0n) is 21.6. The lowest BCUT2D eigenvalue weighted by Crippen LogP contribution is -2.36. The average Bonchev–Trinajstić information content (AvgIpc) is 2.99. The van der Waals surface area contributed by atoms with Crippen LogP contribution in [0.2, 0.25) is 0 Å². The number of hydrogen-bond acceptors (Lipinski definition) is 4. The van der Waals surface area contributed by atoms with E-state index in [1.54, 1.807) is 11.8 Å². The molecule has 0 aliphatic carbocycles. The van der Waals surface area contributed by atoms with E-state index in [2.05, 4.69) is 30.3 Å². The fourth-order valence-electron chi connectivity index (χ4n) is 4.27. The van der Waals surface area contributed by atoms with Crippen LogP contribution in [-0.2, 0) is 5.75 Å². The molecule has 4 aromatic carbocycles. The van der Waals surface area contributed by atoms with E-state index in [1.807, 2.05) is 109 Å². The summed E-state index contributed by atoms with van der Waals surface area (Å²) in [5, 5.41) is 2.37. The molecule has 5 rings (SSSR count). The maximum atomic E-state index is 14.0. The molecule has 0 aliphatic rings. The lowest BCUT2D eigenvalue weighted by Gasteiger charge is -2.12. The number of aryl methyl sites for hydroxylation is 1. The fraction of sp³-hybridized carbons (Fsp3) is 0.0882. The number of thioether (sulfide) groups is 2. The van der Waals surface area contributed by atoms with Gasteiger partial charge in [0, 0.05) is 29.0 Å². The Labute approximate surface area is 237 Å². The maximum absolute atomic E-state index is 14.0. The van der Waals surface area contributed by atoms with Gasteiger partial charge in [0.05, 0.1) is 5.75 Å². The van der Waals surface area contributed by atoms with Crippen molar-refractivity contribution in [1.29, 1.82) is 0 Å². The first-order valence-electron chi connectivity index (χ1n) is 12.7. The Kier molecular flexibility index (Phi) is 8.71. The second-order valence-electron chi connectivity index (χ2n) is 9.12. The summed E-state index contributed by atoms with van der Waals surface area (Å²) in [4.78, 5) is 27.1. The Bertz CT molecular complexity index is 1620. The summed E-state index contributed by atoms with van der Waals surface area (Å²) in [6.45, 7) is 2.02. The van der Waals surface area contributed by atoms with E-state index in [0.717, 1.165) is 9.80 Å². The summed E-state index contributed by atoms with van der Waals surface area (Å²) in [7, 11) is 0. The minimum atomic E-state index is -0.0791. The molecule has 0 atom stereocenters. The quantitative estimate of drug-likeness (QED) is 0.101. The number of hydrogen-bond donors (Lipinski definition) is 0. The Morgan fingerprint density at radius 3 is 2.00 bits per heavy atom. The van der Waals surface area contributed by atoms with Crippen LogP contribution in [0.1, 0.15) is 31.8 Å². The van der Waals surface area contributed by atoms with Crippen molar-refractivity contribution in [3.63, 3.8) is 0 Å². The van der Waals surface area contributed by atoms with Crippen LogP contribution in [0.15, 0.2) is 132 Å². The van der Waals surface area contributed by atoms with Gasteiger partial charge in [0.25, 0.3) is 11.5 Å². The predicted octanol–water partition coefficient (Wildman–Crippen LogP) is 7.99. The molecule has 192 valence electrons. The second kappa shape index (κ2) is 12.7. The number of pyridine rings is 1. The summed E-state index contributed by atoms with van der Waals surface area (Å²) in [6, 6.07) is 37.3. The molecule has 0 bridgehead atoms. The number of carbonyl (C=O) groups is 2. The van der Waals surface area contributed by atoms with E-state index in [4.69, 9.17) is 0 Å². The second-order valence-corrected chi connectivity index (χ2v) is 11.3. The minimum Gasteiger partial charge on any atom is -0.293 e. The highest BCUT2D eigenvalue weighted by Crippen LogP contribution is 2.37. The Morgan fingerprint density at radius 2 is 1.28 bits per heavy atom. The first kappa shape index (κ1) is 26.7. The van der Waals surface area contributed by atoms with Crippen LogP contribution in [0.5, 0.6) is 0 Å². The van der Waals surface area contributed by atoms with Gasteiger partial charge < -0.3 is 0 Å². The number of ketones is 2. The average molecular weight is 547 g/mol. The largest absolute Gasteiger partial charge is 0.293 e. The highest BCUT2D eigenvalue weighted by molar-refractivity contribution is 8.22. The molecule has 39 heavy (non-hydrogen) atoms. The standard InChI is InChI=1S/C34H28NO2S2/c1-25-19-21-35(22-20-25)32(33(37)28-14-6-3-7-15-28)34(39-24-31(36)27-12-4-2-5-13-27)38-23-29-17-10-16-26-11-8-9-18-30(26)29/h2-22H,23-24H2,1H3/q+1/b34-32-. The van der Waals surface area contributed by atoms with Crippen LogP contribution in [0.25, 0.3) is 16.5 Å². The van der Waals surface area contributed by atoms with E-state index < -0.39 is 0 Å². The smallest absolute Gasteiger partial charge is 0.279 e. The van der Waals surface area contributed by atoms with Crippen LogP contribution in [0.3, 0.4) is 0 Å². The molecular formula is C34H28NO2S2+. The molecule has 3 nitrogen and oxygen atoms in total. The molecule has 0 spiro atoms. The summed E-state index contributed by atoms with van der Waals surface area (Å²) in [5.74, 6) is 0.856. The molecule has 5 aromatic rings. The number of benzene rings is 4. The SMILES string of the molecule is Cc1cc[n+](/C(C(=O)c2ccccc2)=C(\SCC(=O)c2ccccc2)SCc2cccc3ccccc23)cc1. The molecular weight excluding hydrogens is 519 g/mol. The monoisotopic (exact) mass is 546 g/mol. The summed E-state index contributed by atoms with van der Waals surface area (Å²) >= 11 is 3.04. The number of fused-ring (bicyclic) bond motifs is 1. The van der Waals surface area contributed by atoms with Gasteiger partial charge in [0.1, 0.15) is 4.24 Å². The molecule has 0 unspecified atom stereocenters. The van der Waals surface area contributed by atoms with E-state index in [-0.39, 0.29) is 17.3 Å². The zero-order valence-corrected chi connectivity index (χ0v) is 23.3. The van der Waals surface area contributed by atoms with Gasteiger partial charge in [-0.2, -0.15) is 4.57 Å². The van der Waals surface area contributed by atoms with E-state index in [1.165, 1.54) is 28.1 Å². The van der Waals surface area contributed by atoms with Crippen molar-refractivity contribution in [3.05, 3.63) is 154 Å². The Morgan fingerprint density at radius 1 is 0.667 bits per heavy atom. The third-order valence-corrected chi connectivity index (χ3v) is 8.85. The molecule has 0 saturated heterocycles. The van der Waals surface area contributed by atoms with Crippen molar-refractivity contribution >= 4 is 51.6 Å². The van der Waals surface area contributed by atoms with Crippen molar-refractivity contribution in [1.82, 2.24) is 0 Å². The van der Waals surface area contributed by atoms with Gasteiger partial charge in [0.2, 0.25) is 0 Å². The van der Waals surface area contributed by atoms with Crippen LogP contribution < -0.4 is 4.57 Å². The number of rotatable bonds is 10. The van der Waals surface area contributed by atoms with E-state index >= 15 is 0 Å². The molecule has 0 saturated carbocycles. The van der Waals surface area contributed by atoms with Crippen LogP contribution in [0, 0.1) is 6.92 Å². The molecule has 0 N–H and O–H groups in total. The normalized spacial score (nSPS) is 11.7. The molecule has 0 fully saturated rings. The van der Waals surface area contributed by atoms with Gasteiger partial charge in [-0.15, -0.1) is 23.5 Å². The highest BCUT2D eigenvalue weighted by Gasteiger charge is 2.28. The Hall–Kier alpha value is -3.93. The van der Waals surface area contributed by atoms with Gasteiger partial charge in [-0.3, -0.25) is 9.59 Å². The van der Waals surface area contributed by atoms with Crippen molar-refractivity contribution in [3.8, 4) is 0 Å². The first-order chi connectivity index (χ1) is 19.1. The van der Waals surface area contributed by atoms with Crippen molar-refractivity contribution in [2.45, 2.75) is 12.7 Å². The van der Waals surface area contributed by atoms with Gasteiger partial charge in [-0.05, 0) is 28.8 Å². The van der Waals surface area contributed by atoms with E-state index in [0.29, 0.717) is 22.6 Å². The molecule has 1 aromatic heterocycles. The minimum absolute atomic E-state index is 0.0317. The van der Waals surface area contributed by atoms with Crippen LogP contribution >= 0.6 is 23.5 Å². The van der Waals surface area contributed by atoms with Crippen LogP contribution in [0.4, 0.5) is 0 Å². The van der Waals surface area contributed by atoms with E-state index in [9.17, 15) is 9.59 Å². The maximum Gasteiger partial charge on any atom is 0.279 e. The number of nitrogens with zero attached hydrogens (tertiary/aromatic N) is 1. The van der Waals surface area contributed by atoms with Gasteiger partial charge >= 0.3 is 0 Å².